The molecule has 1 aliphatic rings. The number of rotatable bonds is 5. The van der Waals surface area contributed by atoms with Gasteiger partial charge in [-0.15, -0.1) is 0 Å². The van der Waals surface area contributed by atoms with E-state index in [2.05, 4.69) is 11.9 Å². The maximum atomic E-state index is 12.2. The molecule has 1 N–H and O–H groups in total. The van der Waals surface area contributed by atoms with Crippen LogP contribution < -0.4 is 5.32 Å². The van der Waals surface area contributed by atoms with E-state index in [4.69, 9.17) is 0 Å². The number of nitrogens with one attached hydrogen (secondary N) is 1. The molecular formula is C18H16N2O3. The number of nitrogens with zero attached hydrogens (tertiary/aromatic N) is 1. The predicted octanol–water partition coefficient (Wildman–Crippen LogP) is 3.43. The van der Waals surface area contributed by atoms with Crippen molar-refractivity contribution in [2.75, 3.05) is 5.32 Å². The van der Waals surface area contributed by atoms with Gasteiger partial charge in [0, 0.05) is 42.8 Å². The third kappa shape index (κ3) is 3.45. The van der Waals surface area contributed by atoms with Crippen LogP contribution in [0.15, 0.2) is 54.7 Å². The van der Waals surface area contributed by atoms with Crippen LogP contribution in [0, 0.1) is 10.1 Å². The fourth-order valence-corrected chi connectivity index (χ4v) is 2.74. The number of benzene rings is 2. The monoisotopic (exact) mass is 308 g/mol. The summed E-state index contributed by atoms with van der Waals surface area (Å²) in [5, 5.41) is 13.8. The van der Waals surface area contributed by atoms with Crippen molar-refractivity contribution in [1.29, 1.82) is 0 Å². The van der Waals surface area contributed by atoms with Crippen LogP contribution in [-0.4, -0.2) is 10.7 Å². The van der Waals surface area contributed by atoms with Crippen molar-refractivity contribution in [1.82, 2.24) is 0 Å². The smallest absolute Gasteiger partial charge is 0.269 e. The van der Waals surface area contributed by atoms with E-state index in [0.29, 0.717) is 6.42 Å². The zero-order chi connectivity index (χ0) is 16.4. The lowest BCUT2D eigenvalue weighted by Gasteiger charge is -2.05. The van der Waals surface area contributed by atoms with Gasteiger partial charge in [-0.3, -0.25) is 14.9 Å². The van der Waals surface area contributed by atoms with E-state index < -0.39 is 4.92 Å². The van der Waals surface area contributed by atoms with Crippen molar-refractivity contribution in [2.24, 2.45) is 0 Å². The first-order valence-corrected chi connectivity index (χ1v) is 7.33. The zero-order valence-corrected chi connectivity index (χ0v) is 12.5. The number of Topliss-reactive ketones (excluding diaryl/α,β-unsaturated/α-hetero) is 1. The third-order valence-electron chi connectivity index (χ3n) is 3.83. The summed E-state index contributed by atoms with van der Waals surface area (Å²) in [5.41, 5.74) is 4.99. The highest BCUT2D eigenvalue weighted by atomic mass is 16.6. The highest BCUT2D eigenvalue weighted by molar-refractivity contribution is 5.83. The minimum absolute atomic E-state index is 0.0348. The minimum atomic E-state index is -0.446. The summed E-state index contributed by atoms with van der Waals surface area (Å²) in [5.74, 6) is 0.0867. The summed E-state index contributed by atoms with van der Waals surface area (Å²) in [7, 11) is 0. The Hall–Kier alpha value is -2.95. The number of nitro benzene ring substituents is 1. The Kier molecular flexibility index (Phi) is 3.93. The minimum Gasteiger partial charge on any atom is -0.359 e. The Morgan fingerprint density at radius 2 is 1.78 bits per heavy atom. The first-order valence-electron chi connectivity index (χ1n) is 7.33. The number of hydrogen-bond donors (Lipinski definition) is 1. The summed E-state index contributed by atoms with van der Waals surface area (Å²) in [6.07, 6.45) is 1.43. The maximum absolute atomic E-state index is 12.2. The molecule has 2 aromatic rings. The van der Waals surface area contributed by atoms with Crippen LogP contribution in [0.25, 0.3) is 0 Å². The Labute approximate surface area is 133 Å². The summed E-state index contributed by atoms with van der Waals surface area (Å²) in [4.78, 5) is 22.4. The Morgan fingerprint density at radius 1 is 1.13 bits per heavy atom. The lowest BCUT2D eigenvalue weighted by molar-refractivity contribution is -0.384. The maximum Gasteiger partial charge on any atom is 0.269 e. The van der Waals surface area contributed by atoms with Crippen LogP contribution in [0.3, 0.4) is 0 Å². The van der Waals surface area contributed by atoms with Crippen LogP contribution in [-0.2, 0) is 24.1 Å². The molecule has 23 heavy (non-hydrogen) atoms. The number of nitro groups is 1. The number of ketones is 1. The van der Waals surface area contributed by atoms with Gasteiger partial charge in [0.05, 0.1) is 4.92 Å². The number of carbonyl (C=O) groups is 1. The molecule has 116 valence electrons. The standard InChI is InChI=1S/C18H16N2O3/c1-12-8-15-9-14(4-7-18(15)19-12)11-17(21)10-13-2-5-16(6-3-13)20(22)23/h2-7,9,19H,1,8,10-11H2. The van der Waals surface area contributed by atoms with Gasteiger partial charge < -0.3 is 5.32 Å². The molecule has 1 heterocycles. The molecule has 1 aliphatic heterocycles. The fraction of sp³-hybridized carbons (Fsp3) is 0.167. The van der Waals surface area contributed by atoms with Gasteiger partial charge in [-0.1, -0.05) is 30.8 Å². The van der Waals surface area contributed by atoms with Crippen LogP contribution in [0.2, 0.25) is 0 Å². The Morgan fingerprint density at radius 3 is 2.48 bits per heavy atom. The number of carbonyl (C=O) groups excluding carboxylic acids is 1. The van der Waals surface area contributed by atoms with Crippen molar-refractivity contribution in [3.05, 3.63) is 81.5 Å². The van der Waals surface area contributed by atoms with Crippen molar-refractivity contribution in [2.45, 2.75) is 19.3 Å². The van der Waals surface area contributed by atoms with Crippen molar-refractivity contribution < 1.29 is 9.72 Å². The van der Waals surface area contributed by atoms with Gasteiger partial charge >= 0.3 is 0 Å². The molecule has 0 bridgehead atoms. The Bertz CT molecular complexity index is 794. The first-order chi connectivity index (χ1) is 11.0. The summed E-state index contributed by atoms with van der Waals surface area (Å²) >= 11 is 0. The van der Waals surface area contributed by atoms with E-state index in [1.165, 1.54) is 12.1 Å². The first kappa shape index (κ1) is 15.0. The van der Waals surface area contributed by atoms with E-state index in [1.807, 2.05) is 18.2 Å². The third-order valence-corrected chi connectivity index (χ3v) is 3.83. The molecule has 0 atom stereocenters. The van der Waals surface area contributed by atoms with Crippen molar-refractivity contribution >= 4 is 17.2 Å². The number of allylic oxidation sites excluding steroid dienone is 1. The number of hydrogen-bond acceptors (Lipinski definition) is 4. The molecule has 0 radical (unpaired) electrons. The number of anilines is 1. The molecule has 0 aromatic heterocycles. The van der Waals surface area contributed by atoms with E-state index in [1.54, 1.807) is 12.1 Å². The molecule has 5 nitrogen and oxygen atoms in total. The highest BCUT2D eigenvalue weighted by Crippen LogP contribution is 2.28. The van der Waals surface area contributed by atoms with Gasteiger partial charge in [-0.25, -0.2) is 0 Å². The quantitative estimate of drug-likeness (QED) is 0.678. The molecule has 0 saturated heterocycles. The molecule has 0 unspecified atom stereocenters. The van der Waals surface area contributed by atoms with Crippen molar-refractivity contribution in [3.8, 4) is 0 Å². The fourth-order valence-electron chi connectivity index (χ4n) is 2.74. The second kappa shape index (κ2) is 6.04. The van der Waals surface area contributed by atoms with Crippen molar-refractivity contribution in [3.63, 3.8) is 0 Å². The summed E-state index contributed by atoms with van der Waals surface area (Å²) in [6.45, 7) is 3.91. The number of fused-ring (bicyclic) bond motifs is 1. The molecule has 0 fully saturated rings. The molecular weight excluding hydrogens is 292 g/mol. The van der Waals surface area contributed by atoms with E-state index >= 15 is 0 Å². The zero-order valence-electron chi connectivity index (χ0n) is 12.5. The highest BCUT2D eigenvalue weighted by Gasteiger charge is 2.14. The summed E-state index contributed by atoms with van der Waals surface area (Å²) < 4.78 is 0. The average molecular weight is 308 g/mol. The van der Waals surface area contributed by atoms with E-state index in [9.17, 15) is 14.9 Å². The molecule has 0 aliphatic carbocycles. The number of non-ortho nitro benzene ring substituents is 1. The van der Waals surface area contributed by atoms with E-state index in [0.717, 1.165) is 34.5 Å². The largest absolute Gasteiger partial charge is 0.359 e. The molecule has 0 saturated carbocycles. The summed E-state index contributed by atoms with van der Waals surface area (Å²) in [6, 6.07) is 12.1. The van der Waals surface area contributed by atoms with Gasteiger partial charge in [0.15, 0.2) is 0 Å². The molecule has 0 amide bonds. The van der Waals surface area contributed by atoms with Crippen LogP contribution in [0.5, 0.6) is 0 Å². The average Bonchev–Trinajstić information content (AvgIpc) is 2.87. The van der Waals surface area contributed by atoms with Crippen LogP contribution >= 0.6 is 0 Å². The molecule has 3 rings (SSSR count). The topological polar surface area (TPSA) is 72.2 Å². The van der Waals surface area contributed by atoms with Gasteiger partial charge in [0.2, 0.25) is 0 Å². The lowest BCUT2D eigenvalue weighted by atomic mass is 10.00. The second-order valence-corrected chi connectivity index (χ2v) is 5.71. The van der Waals surface area contributed by atoms with Crippen LogP contribution in [0.4, 0.5) is 11.4 Å². The Balaban J connectivity index is 1.64. The SMILES string of the molecule is C=C1Cc2cc(CC(=O)Cc3ccc([N+](=O)[O-])cc3)ccc2N1. The predicted molar refractivity (Wildman–Crippen MR) is 88.4 cm³/mol. The molecule has 2 aromatic carbocycles. The van der Waals surface area contributed by atoms with Crippen LogP contribution in [0.1, 0.15) is 16.7 Å². The van der Waals surface area contributed by atoms with Gasteiger partial charge in [-0.05, 0) is 22.8 Å². The molecule has 5 heteroatoms. The molecule has 0 spiro atoms. The normalized spacial score (nSPS) is 12.6. The van der Waals surface area contributed by atoms with Gasteiger partial charge in [-0.2, -0.15) is 0 Å². The van der Waals surface area contributed by atoms with Gasteiger partial charge in [0.25, 0.3) is 5.69 Å². The van der Waals surface area contributed by atoms with E-state index in [-0.39, 0.29) is 17.9 Å². The lowest BCUT2D eigenvalue weighted by Crippen LogP contribution is -2.06. The van der Waals surface area contributed by atoms with Gasteiger partial charge in [0.1, 0.15) is 5.78 Å². The second-order valence-electron chi connectivity index (χ2n) is 5.71.